The molecule has 12 N–H and O–H groups in total. The van der Waals surface area contributed by atoms with Gasteiger partial charge in [0.1, 0.15) is 11.4 Å². The van der Waals surface area contributed by atoms with Crippen molar-refractivity contribution in [2.75, 3.05) is 52.5 Å². The highest BCUT2D eigenvalue weighted by atomic mass is 16.6. The number of hydrogen-bond acceptors (Lipinski definition) is 18. The van der Waals surface area contributed by atoms with Gasteiger partial charge in [-0.3, -0.25) is 57.5 Å². The minimum atomic E-state index is -1.18. The maximum absolute atomic E-state index is 13.7. The van der Waals surface area contributed by atoms with Crippen LogP contribution in [0.2, 0.25) is 0 Å². The summed E-state index contributed by atoms with van der Waals surface area (Å²) in [5.74, 6) is -8.62. The predicted octanol–water partition coefficient (Wildman–Crippen LogP) is 1.47. The van der Waals surface area contributed by atoms with Crippen molar-refractivity contribution in [1.82, 2.24) is 36.8 Å². The van der Waals surface area contributed by atoms with Crippen LogP contribution in [0, 0.1) is 29.6 Å². The van der Waals surface area contributed by atoms with Crippen molar-refractivity contribution >= 4 is 76.4 Å². The van der Waals surface area contributed by atoms with E-state index in [-0.39, 0.29) is 139 Å². The molecule has 2 saturated heterocycles. The Bertz CT molecular complexity index is 2200. The summed E-state index contributed by atoms with van der Waals surface area (Å²) in [5.41, 5.74) is 10.4. The Morgan fingerprint density at radius 2 is 1.31 bits per heavy atom. The first-order chi connectivity index (χ1) is 39.3. The molecule has 2 aliphatic heterocycles. The normalized spacial score (nSPS) is 17.5. The van der Waals surface area contributed by atoms with Crippen LogP contribution in [0.3, 0.4) is 0 Å². The molecule has 8 atom stereocenters. The van der Waals surface area contributed by atoms with Crippen LogP contribution in [0.5, 0.6) is 0 Å². The van der Waals surface area contributed by atoms with Gasteiger partial charge >= 0.3 is 6.09 Å². The molecule has 7 amide bonds. The van der Waals surface area contributed by atoms with Crippen molar-refractivity contribution in [1.29, 1.82) is 0 Å². The van der Waals surface area contributed by atoms with E-state index >= 15 is 0 Å². The molecule has 26 nitrogen and oxygen atoms in total. The monoisotopic (exact) mass is 1190 g/mol. The minimum Gasteiger partial charge on any atom is -0.481 e. The number of aliphatic hydroxyl groups is 1. The molecule has 0 aromatic rings. The second-order valence-electron chi connectivity index (χ2n) is 23.7. The molecule has 0 radical (unpaired) electrons. The molecule has 2 heterocycles. The summed E-state index contributed by atoms with van der Waals surface area (Å²) in [6.45, 7) is 16.5. The number of aliphatic hydroxyl groups excluding tert-OH is 1. The zero-order valence-corrected chi connectivity index (χ0v) is 51.1. The Hall–Kier alpha value is -6.25. The number of Topliss-reactive ketones (excluding diaryl/α,β-unsaturated/α-hetero) is 5. The summed E-state index contributed by atoms with van der Waals surface area (Å²) in [6, 6.07) is -3.56. The Morgan fingerprint density at radius 3 is 1.88 bits per heavy atom. The van der Waals surface area contributed by atoms with E-state index in [4.69, 9.17) is 30.8 Å². The summed E-state index contributed by atoms with van der Waals surface area (Å²) in [5, 5.41) is 33.3. The van der Waals surface area contributed by atoms with Crippen LogP contribution in [0.4, 0.5) is 4.79 Å². The quantitative estimate of drug-likeness (QED) is 0.0388. The molecule has 0 unspecified atom stereocenters. The third-order valence-corrected chi connectivity index (χ3v) is 13.8. The number of carboxylic acid groups (broad SMARTS) is 1. The number of ether oxygens (including phenoxy) is 2. The molecule has 0 aromatic carbocycles. The van der Waals surface area contributed by atoms with Crippen molar-refractivity contribution in [3.63, 3.8) is 0 Å². The number of nitrogens with two attached hydrogens (primary N) is 2. The average Bonchev–Trinajstić information content (AvgIpc) is 4.16. The standard InChI is InChI=1S/C56H95N9O15.C2H4O2/c1-34(2)26-38(28-40(66)33-62-53(76)39(27-35(3)4)30-47(70)42(14-17-49(58)72)64-50(73)18-15-46(69)43-31-41(67)32-61-43)54(77)63-36(5)45(68)16-19-51(74)65-23-11-13-44(65)48(71)29-37(12-9-10-20-57)52(75)59-21-24-79-25-22-60-55(78)80-56(6,7)8;1-2(3)4/h34-39,41-44,61,67H,9-33,57H2,1-8H3,(H2,58,72)(H,59,75)(H,60,78)(H,62,76)(H,63,77)(H,64,73);1H3,(H,3,4)/t36-,37+,38+,39+,41+,42-,43-,44-;/m0./s1. The molecule has 26 heteroatoms. The molecular formula is C58H99N9O17. The first kappa shape index (κ1) is 75.8. The summed E-state index contributed by atoms with van der Waals surface area (Å²) in [4.78, 5) is 168. The van der Waals surface area contributed by atoms with Gasteiger partial charge in [0.2, 0.25) is 35.4 Å². The number of ketones is 5. The number of β-amino-alcohol motifs (C(OH)–C–C–N with tert-alkyl or cyclic N) is 1. The lowest BCUT2D eigenvalue weighted by atomic mass is 9.88. The predicted molar refractivity (Wildman–Crippen MR) is 309 cm³/mol. The largest absolute Gasteiger partial charge is 0.481 e. The van der Waals surface area contributed by atoms with E-state index in [1.165, 1.54) is 11.8 Å². The number of primary amides is 1. The number of amides is 7. The Morgan fingerprint density at radius 1 is 0.702 bits per heavy atom. The number of carbonyl (C=O) groups is 13. The maximum atomic E-state index is 13.7. The topological polar surface area (TPSA) is 408 Å². The lowest BCUT2D eigenvalue weighted by molar-refractivity contribution is -0.139. The van der Waals surface area contributed by atoms with Gasteiger partial charge in [0.15, 0.2) is 23.1 Å². The number of nitrogens with zero attached hydrogens (tertiary/aromatic N) is 1. The van der Waals surface area contributed by atoms with Gasteiger partial charge in [-0.25, -0.2) is 4.79 Å². The zero-order chi connectivity index (χ0) is 63.7. The highest BCUT2D eigenvalue weighted by Gasteiger charge is 2.37. The number of alkyl carbamates (subject to hydrolysis) is 1. The van der Waals surface area contributed by atoms with Gasteiger partial charge in [-0.2, -0.15) is 0 Å². The molecule has 2 rings (SSSR count). The average molecular weight is 1190 g/mol. The van der Waals surface area contributed by atoms with Crippen molar-refractivity contribution < 1.29 is 82.0 Å². The van der Waals surface area contributed by atoms with E-state index in [1.807, 2.05) is 27.7 Å². The SMILES string of the molecule is CC(=O)O.CC(C)C[C@H](CC(=O)[C@H](CCC(N)=O)NC(=O)CCC(=O)[C@@H]1C[C@@H](O)CN1)C(=O)NCC(=O)C[C@@H](CC(C)C)C(=O)N[C@@H](C)C(=O)CCC(=O)N1CCC[C@H]1C(=O)C[C@@H](CCCCN)C(=O)NCCOCCNC(=O)OC(C)(C)C. The van der Waals surface area contributed by atoms with Gasteiger partial charge in [-0.1, -0.05) is 34.1 Å². The number of unbranched alkanes of at least 4 members (excludes halogenated alkanes) is 1. The van der Waals surface area contributed by atoms with Crippen LogP contribution in [0.1, 0.15) is 171 Å². The van der Waals surface area contributed by atoms with E-state index in [0.29, 0.717) is 45.2 Å². The molecule has 2 fully saturated rings. The van der Waals surface area contributed by atoms with Crippen LogP contribution < -0.4 is 43.4 Å². The van der Waals surface area contributed by atoms with Crippen molar-refractivity contribution in [2.24, 2.45) is 41.1 Å². The Labute approximate surface area is 494 Å². The lowest BCUT2D eigenvalue weighted by Gasteiger charge is -2.26. The van der Waals surface area contributed by atoms with E-state index in [2.05, 4.69) is 31.9 Å². The first-order valence-corrected chi connectivity index (χ1v) is 29.5. The van der Waals surface area contributed by atoms with Crippen LogP contribution >= 0.6 is 0 Å². The summed E-state index contributed by atoms with van der Waals surface area (Å²) < 4.78 is 10.7. The number of hydrogen-bond donors (Lipinski definition) is 10. The van der Waals surface area contributed by atoms with E-state index < -0.39 is 119 Å². The van der Waals surface area contributed by atoms with Crippen LogP contribution in [0.15, 0.2) is 0 Å². The highest BCUT2D eigenvalue weighted by molar-refractivity contribution is 5.97. The van der Waals surface area contributed by atoms with E-state index in [9.17, 15) is 62.6 Å². The van der Waals surface area contributed by atoms with E-state index in [0.717, 1.165) is 6.92 Å². The number of carboxylic acids is 1. The summed E-state index contributed by atoms with van der Waals surface area (Å²) in [7, 11) is 0. The van der Waals surface area contributed by atoms with Crippen LogP contribution in [0.25, 0.3) is 0 Å². The molecule has 0 spiro atoms. The van der Waals surface area contributed by atoms with Crippen LogP contribution in [-0.2, 0) is 67.0 Å². The first-order valence-electron chi connectivity index (χ1n) is 29.5. The van der Waals surface area contributed by atoms with E-state index in [1.54, 1.807) is 20.8 Å². The fourth-order valence-corrected chi connectivity index (χ4v) is 9.68. The molecule has 0 bridgehead atoms. The number of nitrogens with one attached hydrogen (secondary N) is 6. The number of carbonyl (C=O) groups excluding carboxylic acids is 12. The second kappa shape index (κ2) is 40.1. The third kappa shape index (κ3) is 33.3. The van der Waals surface area contributed by atoms with Gasteiger partial charge in [0, 0.05) is 102 Å². The van der Waals surface area contributed by atoms with Gasteiger partial charge in [-0.05, 0) is 97.4 Å². The fraction of sp³-hybridized carbons (Fsp3) is 0.776. The summed E-state index contributed by atoms with van der Waals surface area (Å²) >= 11 is 0. The molecule has 84 heavy (non-hydrogen) atoms. The van der Waals surface area contributed by atoms with Gasteiger partial charge in [-0.15, -0.1) is 0 Å². The number of aliphatic carboxylic acids is 1. The molecule has 0 aromatic heterocycles. The Kier molecular flexibility index (Phi) is 36.2. The maximum Gasteiger partial charge on any atom is 0.407 e. The Balaban J connectivity index is 0.00000852. The number of likely N-dealkylation sites (tertiary alicyclic amines) is 1. The van der Waals surface area contributed by atoms with Gasteiger partial charge in [0.05, 0.1) is 50.0 Å². The zero-order valence-electron chi connectivity index (χ0n) is 51.1. The molecule has 478 valence electrons. The number of rotatable bonds is 40. The lowest BCUT2D eigenvalue weighted by Crippen LogP contribution is -2.45. The molecule has 0 saturated carbocycles. The smallest absolute Gasteiger partial charge is 0.407 e. The second-order valence-corrected chi connectivity index (χ2v) is 23.7. The van der Waals surface area contributed by atoms with Crippen molar-refractivity contribution in [2.45, 2.75) is 207 Å². The molecule has 0 aliphatic carbocycles. The van der Waals surface area contributed by atoms with Crippen molar-refractivity contribution in [3.8, 4) is 0 Å². The van der Waals surface area contributed by atoms with Crippen molar-refractivity contribution in [3.05, 3.63) is 0 Å². The third-order valence-electron chi connectivity index (χ3n) is 13.8. The van der Waals surface area contributed by atoms with Gasteiger partial charge in [0.25, 0.3) is 5.97 Å². The minimum absolute atomic E-state index is 0.0427. The highest BCUT2D eigenvalue weighted by Crippen LogP contribution is 2.25. The van der Waals surface area contributed by atoms with Crippen LogP contribution in [-0.4, -0.2) is 180 Å². The van der Waals surface area contributed by atoms with Gasteiger partial charge < -0.3 is 68.0 Å². The fourth-order valence-electron chi connectivity index (χ4n) is 9.68. The molecule has 2 aliphatic rings. The summed E-state index contributed by atoms with van der Waals surface area (Å²) in [6.07, 6.45) is 0.245. The molecular weight excluding hydrogens is 1090 g/mol.